The average Bonchev–Trinajstić information content (AvgIpc) is 2.53. The van der Waals surface area contributed by atoms with Gasteiger partial charge in [-0.2, -0.15) is 0 Å². The first kappa shape index (κ1) is 16.6. The molecule has 0 amide bonds. The Kier molecular flexibility index (Phi) is 6.10. The summed E-state index contributed by atoms with van der Waals surface area (Å²) in [5, 5.41) is 3.47. The molecule has 1 N–H and O–H groups in total. The zero-order valence-corrected chi connectivity index (χ0v) is 14.0. The highest BCUT2D eigenvalue weighted by Crippen LogP contribution is 2.16. The molecule has 0 saturated heterocycles. The van der Waals surface area contributed by atoms with Crippen molar-refractivity contribution < 1.29 is 8.95 Å². The molecule has 0 bridgehead atoms. The van der Waals surface area contributed by atoms with Crippen molar-refractivity contribution in [1.82, 2.24) is 10.3 Å². The first-order valence-corrected chi connectivity index (χ1v) is 8.90. The van der Waals surface area contributed by atoms with Crippen molar-refractivity contribution in [2.75, 3.05) is 12.9 Å². The van der Waals surface area contributed by atoms with Crippen LogP contribution in [-0.4, -0.2) is 22.1 Å². The number of hydrogen-bond donors (Lipinski definition) is 1. The molecule has 0 spiro atoms. The molecular formula is C17H22N2O2S. The lowest BCUT2D eigenvalue weighted by atomic mass is 10.1. The molecule has 1 aromatic heterocycles. The molecule has 5 heteroatoms. The van der Waals surface area contributed by atoms with Crippen LogP contribution in [0.25, 0.3) is 0 Å². The maximum atomic E-state index is 11.4. The Morgan fingerprint density at radius 3 is 2.64 bits per heavy atom. The summed E-state index contributed by atoms with van der Waals surface area (Å²) < 4.78 is 16.8. The minimum Gasteiger partial charge on any atom is -0.478 e. The second-order valence-electron chi connectivity index (χ2n) is 5.06. The molecule has 2 rings (SSSR count). The van der Waals surface area contributed by atoms with Gasteiger partial charge in [-0.15, -0.1) is 0 Å². The van der Waals surface area contributed by atoms with E-state index in [4.69, 9.17) is 4.74 Å². The van der Waals surface area contributed by atoms with Gasteiger partial charge in [-0.3, -0.25) is 4.21 Å². The number of nitrogens with one attached hydrogen (secondary N) is 1. The van der Waals surface area contributed by atoms with E-state index >= 15 is 0 Å². The number of aromatic nitrogens is 1. The third-order valence-corrected chi connectivity index (χ3v) is 4.35. The van der Waals surface area contributed by atoms with Crippen LogP contribution in [-0.2, 0) is 17.3 Å². The molecule has 2 atom stereocenters. The molecule has 2 aromatic rings. The van der Waals surface area contributed by atoms with Crippen LogP contribution in [0, 0.1) is 0 Å². The van der Waals surface area contributed by atoms with Crippen LogP contribution in [0.2, 0.25) is 0 Å². The van der Waals surface area contributed by atoms with Gasteiger partial charge in [0, 0.05) is 46.8 Å². The number of benzene rings is 1. The van der Waals surface area contributed by atoms with Gasteiger partial charge >= 0.3 is 0 Å². The van der Waals surface area contributed by atoms with Crippen molar-refractivity contribution in [3.63, 3.8) is 0 Å². The quantitative estimate of drug-likeness (QED) is 0.852. The SMILES string of the molecule is CCOc1cc(CN[C@H](C)c2ccc([S@@](C)=O)cc2)ccn1. The third-order valence-electron chi connectivity index (χ3n) is 3.42. The summed E-state index contributed by atoms with van der Waals surface area (Å²) in [5.41, 5.74) is 2.31. The molecule has 0 aliphatic heterocycles. The molecular weight excluding hydrogens is 296 g/mol. The van der Waals surface area contributed by atoms with E-state index in [1.165, 1.54) is 5.56 Å². The zero-order valence-electron chi connectivity index (χ0n) is 13.2. The van der Waals surface area contributed by atoms with Gasteiger partial charge in [-0.1, -0.05) is 12.1 Å². The van der Waals surface area contributed by atoms with Crippen LogP contribution >= 0.6 is 0 Å². The van der Waals surface area contributed by atoms with Crippen LogP contribution in [0.4, 0.5) is 0 Å². The van der Waals surface area contributed by atoms with Gasteiger partial charge in [-0.25, -0.2) is 4.98 Å². The van der Waals surface area contributed by atoms with Crippen molar-refractivity contribution in [2.45, 2.75) is 31.3 Å². The van der Waals surface area contributed by atoms with Crippen molar-refractivity contribution in [3.05, 3.63) is 53.7 Å². The predicted molar refractivity (Wildman–Crippen MR) is 89.4 cm³/mol. The summed E-state index contributed by atoms with van der Waals surface area (Å²) in [6.07, 6.45) is 3.45. The van der Waals surface area contributed by atoms with E-state index in [0.29, 0.717) is 12.5 Å². The predicted octanol–water partition coefficient (Wildman–Crippen LogP) is 3.07. The molecule has 118 valence electrons. The van der Waals surface area contributed by atoms with E-state index in [0.717, 1.165) is 17.0 Å². The number of ether oxygens (including phenoxy) is 1. The fourth-order valence-corrected chi connectivity index (χ4v) is 2.64. The van der Waals surface area contributed by atoms with Gasteiger partial charge < -0.3 is 10.1 Å². The van der Waals surface area contributed by atoms with Crippen molar-refractivity contribution in [1.29, 1.82) is 0 Å². The maximum absolute atomic E-state index is 11.4. The van der Waals surface area contributed by atoms with Gasteiger partial charge in [0.1, 0.15) is 0 Å². The standard InChI is InChI=1S/C17H22N2O2S/c1-4-21-17-11-14(9-10-18-17)12-19-13(2)15-5-7-16(8-6-15)22(3)20/h5-11,13,19H,4,12H2,1-3H3/t13-,22-/m1/s1. The number of nitrogens with zero attached hydrogens (tertiary/aromatic N) is 1. The van der Waals surface area contributed by atoms with Crippen molar-refractivity contribution in [3.8, 4) is 5.88 Å². The first-order valence-electron chi connectivity index (χ1n) is 7.34. The molecule has 4 nitrogen and oxygen atoms in total. The van der Waals surface area contributed by atoms with Crippen LogP contribution in [0.1, 0.15) is 31.0 Å². The summed E-state index contributed by atoms with van der Waals surface area (Å²) in [6.45, 7) is 5.42. The zero-order chi connectivity index (χ0) is 15.9. The van der Waals surface area contributed by atoms with Crippen LogP contribution < -0.4 is 10.1 Å². The van der Waals surface area contributed by atoms with Gasteiger partial charge in [0.2, 0.25) is 5.88 Å². The largest absolute Gasteiger partial charge is 0.478 e. The lowest BCUT2D eigenvalue weighted by Crippen LogP contribution is -2.18. The van der Waals surface area contributed by atoms with E-state index in [1.54, 1.807) is 12.5 Å². The summed E-state index contributed by atoms with van der Waals surface area (Å²) in [6, 6.07) is 12.0. The molecule has 0 aliphatic carbocycles. The Bertz CT molecular complexity index is 629. The monoisotopic (exact) mass is 318 g/mol. The van der Waals surface area contributed by atoms with Gasteiger partial charge in [-0.05, 0) is 43.2 Å². The summed E-state index contributed by atoms with van der Waals surface area (Å²) in [5.74, 6) is 0.657. The van der Waals surface area contributed by atoms with Crippen molar-refractivity contribution >= 4 is 10.8 Å². The lowest BCUT2D eigenvalue weighted by molar-refractivity contribution is 0.326. The normalized spacial score (nSPS) is 13.6. The van der Waals surface area contributed by atoms with E-state index in [-0.39, 0.29) is 6.04 Å². The Morgan fingerprint density at radius 1 is 1.27 bits per heavy atom. The Hall–Kier alpha value is -1.72. The maximum Gasteiger partial charge on any atom is 0.213 e. The summed E-state index contributed by atoms with van der Waals surface area (Å²) in [7, 11) is -0.930. The molecule has 0 aliphatic rings. The Morgan fingerprint density at radius 2 is 2.00 bits per heavy atom. The number of pyridine rings is 1. The molecule has 0 saturated carbocycles. The van der Waals surface area contributed by atoms with E-state index in [9.17, 15) is 4.21 Å². The van der Waals surface area contributed by atoms with Crippen molar-refractivity contribution in [2.24, 2.45) is 0 Å². The molecule has 0 unspecified atom stereocenters. The first-order chi connectivity index (χ1) is 10.6. The fraction of sp³-hybridized carbons (Fsp3) is 0.353. The second-order valence-corrected chi connectivity index (χ2v) is 6.44. The fourth-order valence-electron chi connectivity index (χ4n) is 2.12. The lowest BCUT2D eigenvalue weighted by Gasteiger charge is -2.15. The van der Waals surface area contributed by atoms with Gasteiger partial charge in [0.05, 0.1) is 6.61 Å². The second kappa shape index (κ2) is 8.06. The van der Waals surface area contributed by atoms with Crippen LogP contribution in [0.3, 0.4) is 0 Å². The van der Waals surface area contributed by atoms with Gasteiger partial charge in [0.15, 0.2) is 0 Å². The van der Waals surface area contributed by atoms with Gasteiger partial charge in [0.25, 0.3) is 0 Å². The highest BCUT2D eigenvalue weighted by Gasteiger charge is 2.06. The third kappa shape index (κ3) is 4.64. The minimum atomic E-state index is -0.930. The summed E-state index contributed by atoms with van der Waals surface area (Å²) in [4.78, 5) is 5.01. The Labute approximate surface area is 134 Å². The highest BCUT2D eigenvalue weighted by molar-refractivity contribution is 7.84. The molecule has 0 radical (unpaired) electrons. The van der Waals surface area contributed by atoms with E-state index in [2.05, 4.69) is 17.2 Å². The summed E-state index contributed by atoms with van der Waals surface area (Å²) >= 11 is 0. The highest BCUT2D eigenvalue weighted by atomic mass is 32.2. The number of hydrogen-bond acceptors (Lipinski definition) is 4. The number of rotatable bonds is 7. The smallest absolute Gasteiger partial charge is 0.213 e. The van der Waals surface area contributed by atoms with Crippen LogP contribution in [0.5, 0.6) is 5.88 Å². The van der Waals surface area contributed by atoms with Crippen LogP contribution in [0.15, 0.2) is 47.5 Å². The molecule has 1 heterocycles. The van der Waals surface area contributed by atoms with E-state index < -0.39 is 10.8 Å². The minimum absolute atomic E-state index is 0.211. The topological polar surface area (TPSA) is 51.2 Å². The molecule has 0 fully saturated rings. The molecule has 22 heavy (non-hydrogen) atoms. The average molecular weight is 318 g/mol. The van der Waals surface area contributed by atoms with E-state index in [1.807, 2.05) is 43.3 Å². The Balaban J connectivity index is 1.95. The molecule has 1 aromatic carbocycles.